The molecule has 0 aliphatic carbocycles. The minimum Gasteiger partial charge on any atom is -0.448 e. The molecule has 0 fully saturated rings. The Kier molecular flexibility index (Phi) is 4.20. The number of hydrogen-bond acceptors (Lipinski definition) is 4. The highest BCUT2D eigenvalue weighted by molar-refractivity contribution is 6.28. The zero-order chi connectivity index (χ0) is 12.2. The topological polar surface area (TPSA) is 63.5 Å². The van der Waals surface area contributed by atoms with E-state index in [2.05, 4.69) is 10.9 Å². The molecular formula is C10H15ClN2O3. The van der Waals surface area contributed by atoms with Gasteiger partial charge in [0.1, 0.15) is 11.4 Å². The lowest BCUT2D eigenvalue weighted by molar-refractivity contribution is 0.0496. The molecule has 0 aromatic carbocycles. The van der Waals surface area contributed by atoms with Gasteiger partial charge in [0, 0.05) is 0 Å². The van der Waals surface area contributed by atoms with Crippen molar-refractivity contribution in [2.45, 2.75) is 32.9 Å². The van der Waals surface area contributed by atoms with Crippen molar-refractivity contribution in [1.29, 1.82) is 0 Å². The lowest BCUT2D eigenvalue weighted by atomic mass is 10.2. The maximum Gasteiger partial charge on any atom is 0.422 e. The van der Waals surface area contributed by atoms with Crippen LogP contribution in [0.4, 0.5) is 4.79 Å². The maximum atomic E-state index is 11.2. The molecule has 5 nitrogen and oxygen atoms in total. The molecule has 16 heavy (non-hydrogen) atoms. The highest BCUT2D eigenvalue weighted by atomic mass is 35.5. The fourth-order valence-electron chi connectivity index (χ4n) is 0.954. The van der Waals surface area contributed by atoms with Crippen LogP contribution in [0.5, 0.6) is 0 Å². The number of ether oxygens (including phenoxy) is 1. The molecular weight excluding hydrogens is 232 g/mol. The minimum absolute atomic E-state index is 0.314. The second-order valence-electron chi connectivity index (χ2n) is 4.19. The molecule has 0 spiro atoms. The smallest absolute Gasteiger partial charge is 0.422 e. The molecule has 1 heterocycles. The van der Waals surface area contributed by atoms with Gasteiger partial charge in [-0.3, -0.25) is 5.43 Å². The van der Waals surface area contributed by atoms with Crippen molar-refractivity contribution >= 4 is 17.7 Å². The monoisotopic (exact) mass is 246 g/mol. The predicted octanol–water partition coefficient (Wildman–Crippen LogP) is 2.46. The molecule has 0 radical (unpaired) electrons. The van der Waals surface area contributed by atoms with E-state index >= 15 is 0 Å². The third-order valence-electron chi connectivity index (χ3n) is 1.48. The minimum atomic E-state index is -0.537. The zero-order valence-electron chi connectivity index (χ0n) is 9.46. The number of furan rings is 1. The van der Waals surface area contributed by atoms with E-state index < -0.39 is 11.7 Å². The number of amides is 1. The summed E-state index contributed by atoms with van der Waals surface area (Å²) in [6.45, 7) is 5.71. The summed E-state index contributed by atoms with van der Waals surface area (Å²) in [6, 6.07) is 3.35. The van der Waals surface area contributed by atoms with Gasteiger partial charge < -0.3 is 9.15 Å². The number of carbonyl (C=O) groups is 1. The van der Waals surface area contributed by atoms with Gasteiger partial charge in [-0.2, -0.15) is 0 Å². The van der Waals surface area contributed by atoms with E-state index in [1.807, 2.05) is 0 Å². The van der Waals surface area contributed by atoms with Gasteiger partial charge in [-0.1, -0.05) is 0 Å². The molecule has 6 heteroatoms. The van der Waals surface area contributed by atoms with Crippen LogP contribution >= 0.6 is 11.6 Å². The van der Waals surface area contributed by atoms with Crippen molar-refractivity contribution in [3.63, 3.8) is 0 Å². The number of halogens is 1. The molecule has 0 unspecified atom stereocenters. The Labute approximate surface area is 99.1 Å². The second-order valence-corrected chi connectivity index (χ2v) is 4.56. The van der Waals surface area contributed by atoms with Crippen molar-refractivity contribution in [1.82, 2.24) is 10.9 Å². The van der Waals surface area contributed by atoms with Crippen LogP contribution < -0.4 is 10.9 Å². The molecule has 1 aromatic rings. The van der Waals surface area contributed by atoms with Gasteiger partial charge in [-0.25, -0.2) is 10.2 Å². The normalized spacial score (nSPS) is 11.2. The molecule has 0 atom stereocenters. The number of carbonyl (C=O) groups excluding carboxylic acids is 1. The van der Waals surface area contributed by atoms with Gasteiger partial charge >= 0.3 is 6.09 Å². The summed E-state index contributed by atoms with van der Waals surface area (Å²) in [5, 5.41) is 0.314. The number of hydrazine groups is 1. The molecule has 1 amide bonds. The summed E-state index contributed by atoms with van der Waals surface area (Å²) in [5.74, 6) is 0.626. The molecule has 0 aliphatic heterocycles. The van der Waals surface area contributed by atoms with Crippen LogP contribution in [0.1, 0.15) is 26.5 Å². The first-order valence-electron chi connectivity index (χ1n) is 4.83. The Morgan fingerprint density at radius 3 is 2.69 bits per heavy atom. The lowest BCUT2D eigenvalue weighted by Crippen LogP contribution is -2.40. The lowest BCUT2D eigenvalue weighted by Gasteiger charge is -2.19. The Morgan fingerprint density at radius 2 is 2.19 bits per heavy atom. The quantitative estimate of drug-likeness (QED) is 0.805. The average molecular weight is 247 g/mol. The third kappa shape index (κ3) is 5.04. The summed E-state index contributed by atoms with van der Waals surface area (Å²) >= 11 is 5.58. The standard InChI is InChI=1S/C10H15ClN2O3/c1-10(2,3)16-9(14)13-12-6-7-4-5-8(11)15-7/h4-5,12H,6H2,1-3H3,(H,13,14). The highest BCUT2D eigenvalue weighted by Crippen LogP contribution is 2.12. The first kappa shape index (κ1) is 12.9. The van der Waals surface area contributed by atoms with Crippen molar-refractivity contribution in [2.24, 2.45) is 0 Å². The van der Waals surface area contributed by atoms with Crippen LogP contribution in [0.25, 0.3) is 0 Å². The molecule has 0 bridgehead atoms. The second kappa shape index (κ2) is 5.23. The van der Waals surface area contributed by atoms with Crippen LogP contribution in [0.3, 0.4) is 0 Å². The number of nitrogens with one attached hydrogen (secondary N) is 2. The molecule has 1 rings (SSSR count). The van der Waals surface area contributed by atoms with Crippen LogP contribution in [0.15, 0.2) is 16.5 Å². The van der Waals surface area contributed by atoms with E-state index in [1.54, 1.807) is 32.9 Å². The number of hydrogen-bond donors (Lipinski definition) is 2. The molecule has 0 saturated heterocycles. The molecule has 90 valence electrons. The average Bonchev–Trinajstić information content (AvgIpc) is 2.48. The first-order chi connectivity index (χ1) is 7.37. The van der Waals surface area contributed by atoms with Crippen molar-refractivity contribution in [3.8, 4) is 0 Å². The van der Waals surface area contributed by atoms with Crippen LogP contribution in [-0.4, -0.2) is 11.7 Å². The summed E-state index contributed by atoms with van der Waals surface area (Å²) in [5.41, 5.74) is 4.53. The zero-order valence-corrected chi connectivity index (χ0v) is 10.2. The van der Waals surface area contributed by atoms with Gasteiger partial charge in [-0.15, -0.1) is 0 Å². The molecule has 0 aliphatic rings. The predicted molar refractivity (Wildman–Crippen MR) is 59.9 cm³/mol. The Balaban J connectivity index is 2.23. The van der Waals surface area contributed by atoms with Crippen LogP contribution in [0, 0.1) is 0 Å². The Morgan fingerprint density at radius 1 is 1.50 bits per heavy atom. The van der Waals surface area contributed by atoms with E-state index in [4.69, 9.17) is 20.8 Å². The Hall–Kier alpha value is -1.20. The fourth-order valence-corrected chi connectivity index (χ4v) is 1.12. The van der Waals surface area contributed by atoms with Crippen molar-refractivity contribution < 1.29 is 13.9 Å². The summed E-state index contributed by atoms with van der Waals surface area (Å²) < 4.78 is 10.1. The highest BCUT2D eigenvalue weighted by Gasteiger charge is 2.15. The summed E-state index contributed by atoms with van der Waals surface area (Å²) in [6.07, 6.45) is -0.537. The van der Waals surface area contributed by atoms with Gasteiger partial charge in [-0.05, 0) is 44.5 Å². The molecule has 1 aromatic heterocycles. The van der Waals surface area contributed by atoms with Gasteiger partial charge in [0.05, 0.1) is 6.54 Å². The molecule has 2 N–H and O–H groups in total. The Bertz CT molecular complexity index is 357. The fraction of sp³-hybridized carbons (Fsp3) is 0.500. The molecule has 0 saturated carbocycles. The van der Waals surface area contributed by atoms with Gasteiger partial charge in [0.25, 0.3) is 0 Å². The number of rotatable bonds is 3. The van der Waals surface area contributed by atoms with E-state index in [9.17, 15) is 4.79 Å². The van der Waals surface area contributed by atoms with Gasteiger partial charge in [0.15, 0.2) is 5.22 Å². The van der Waals surface area contributed by atoms with Crippen LogP contribution in [0.2, 0.25) is 5.22 Å². The summed E-state index contributed by atoms with van der Waals surface area (Å²) in [7, 11) is 0. The van der Waals surface area contributed by atoms with Crippen molar-refractivity contribution in [3.05, 3.63) is 23.1 Å². The van der Waals surface area contributed by atoms with Crippen molar-refractivity contribution in [2.75, 3.05) is 0 Å². The first-order valence-corrected chi connectivity index (χ1v) is 5.21. The van der Waals surface area contributed by atoms with E-state index in [1.165, 1.54) is 0 Å². The van der Waals surface area contributed by atoms with E-state index in [0.29, 0.717) is 17.5 Å². The van der Waals surface area contributed by atoms with Crippen LogP contribution in [-0.2, 0) is 11.3 Å². The largest absolute Gasteiger partial charge is 0.448 e. The maximum absolute atomic E-state index is 11.2. The summed E-state index contributed by atoms with van der Waals surface area (Å²) in [4.78, 5) is 11.2. The SMILES string of the molecule is CC(C)(C)OC(=O)NNCc1ccc(Cl)o1. The van der Waals surface area contributed by atoms with E-state index in [0.717, 1.165) is 0 Å². The van der Waals surface area contributed by atoms with Gasteiger partial charge in [0.2, 0.25) is 0 Å². The third-order valence-corrected chi connectivity index (χ3v) is 1.68. The van der Waals surface area contributed by atoms with E-state index in [-0.39, 0.29) is 0 Å².